The third-order valence-electron chi connectivity index (χ3n) is 4.00. The molecule has 0 fully saturated rings. The Labute approximate surface area is 168 Å². The molecule has 5 nitrogen and oxygen atoms in total. The predicted molar refractivity (Wildman–Crippen MR) is 107 cm³/mol. The van der Waals surface area contributed by atoms with E-state index >= 15 is 0 Å². The summed E-state index contributed by atoms with van der Waals surface area (Å²) < 4.78 is 7.47. The number of halogens is 2. The van der Waals surface area contributed by atoms with Crippen LogP contribution >= 0.6 is 23.2 Å². The van der Waals surface area contributed by atoms with E-state index in [2.05, 4.69) is 5.10 Å². The summed E-state index contributed by atoms with van der Waals surface area (Å²) >= 11 is 12.0. The highest BCUT2D eigenvalue weighted by atomic mass is 35.5. The van der Waals surface area contributed by atoms with Crippen LogP contribution in [0.2, 0.25) is 10.0 Å². The van der Waals surface area contributed by atoms with Crippen LogP contribution in [-0.2, 0) is 11.3 Å². The number of aromatic nitrogens is 2. The topological polar surface area (TPSA) is 47.4 Å². The van der Waals surface area contributed by atoms with E-state index in [-0.39, 0.29) is 5.91 Å². The standard InChI is InChI=1S/C20H19Cl2N3O2/c1-14(27-19-9-8-16(21)10-18(19)22)20(26)24(2)12-15-11-23-25(13-15)17-6-4-3-5-7-17/h3-11,13-14H,12H2,1-2H3/t14-/m1/s1. The maximum Gasteiger partial charge on any atom is 0.263 e. The van der Waals surface area contributed by atoms with Crippen molar-refractivity contribution in [1.29, 1.82) is 0 Å². The zero-order valence-corrected chi connectivity index (χ0v) is 16.5. The van der Waals surface area contributed by atoms with Crippen LogP contribution in [0.15, 0.2) is 60.9 Å². The van der Waals surface area contributed by atoms with E-state index in [1.54, 1.807) is 47.9 Å². The van der Waals surface area contributed by atoms with Crippen molar-refractivity contribution in [2.45, 2.75) is 19.6 Å². The fourth-order valence-electron chi connectivity index (χ4n) is 2.64. The molecule has 27 heavy (non-hydrogen) atoms. The van der Waals surface area contributed by atoms with Gasteiger partial charge in [0.25, 0.3) is 5.91 Å². The number of likely N-dealkylation sites (N-methyl/N-ethyl adjacent to an activating group) is 1. The summed E-state index contributed by atoms with van der Waals surface area (Å²) in [5.41, 5.74) is 1.89. The molecule has 1 heterocycles. The summed E-state index contributed by atoms with van der Waals surface area (Å²) in [4.78, 5) is 14.2. The van der Waals surface area contributed by atoms with Gasteiger partial charge in [0.1, 0.15) is 5.75 Å². The van der Waals surface area contributed by atoms with Gasteiger partial charge in [-0.15, -0.1) is 0 Å². The lowest BCUT2D eigenvalue weighted by Crippen LogP contribution is -2.37. The third-order valence-corrected chi connectivity index (χ3v) is 4.53. The predicted octanol–water partition coefficient (Wildman–Crippen LogP) is 4.61. The van der Waals surface area contributed by atoms with Gasteiger partial charge >= 0.3 is 0 Å². The van der Waals surface area contributed by atoms with Crippen molar-refractivity contribution in [3.8, 4) is 11.4 Å². The Bertz CT molecular complexity index is 928. The van der Waals surface area contributed by atoms with Crippen LogP contribution in [0.5, 0.6) is 5.75 Å². The Morgan fingerprint density at radius 3 is 2.67 bits per heavy atom. The molecule has 0 saturated carbocycles. The van der Waals surface area contributed by atoms with Crippen LogP contribution < -0.4 is 4.74 Å². The highest BCUT2D eigenvalue weighted by Gasteiger charge is 2.21. The first-order valence-corrected chi connectivity index (χ1v) is 9.15. The molecule has 0 saturated heterocycles. The average Bonchev–Trinajstić information content (AvgIpc) is 3.12. The second-order valence-electron chi connectivity index (χ2n) is 6.16. The summed E-state index contributed by atoms with van der Waals surface area (Å²) in [7, 11) is 1.73. The van der Waals surface area contributed by atoms with Gasteiger partial charge in [-0.25, -0.2) is 4.68 Å². The molecule has 0 radical (unpaired) electrons. The van der Waals surface area contributed by atoms with E-state index < -0.39 is 6.10 Å². The number of amides is 1. The molecule has 3 rings (SSSR count). The van der Waals surface area contributed by atoms with E-state index in [1.165, 1.54) is 0 Å². The minimum atomic E-state index is -0.683. The monoisotopic (exact) mass is 403 g/mol. The first kappa shape index (κ1) is 19.3. The number of benzene rings is 2. The summed E-state index contributed by atoms with van der Waals surface area (Å²) in [6.45, 7) is 2.12. The SMILES string of the molecule is C[C@@H](Oc1ccc(Cl)cc1Cl)C(=O)N(C)Cc1cnn(-c2ccccc2)c1. The molecule has 140 valence electrons. The molecule has 0 aliphatic heterocycles. The molecule has 1 amide bonds. The smallest absolute Gasteiger partial charge is 0.263 e. The molecule has 0 unspecified atom stereocenters. The number of hydrogen-bond acceptors (Lipinski definition) is 3. The summed E-state index contributed by atoms with van der Waals surface area (Å²) in [5, 5.41) is 5.23. The number of para-hydroxylation sites is 1. The fraction of sp³-hybridized carbons (Fsp3) is 0.200. The second kappa shape index (κ2) is 8.46. The molecule has 0 aliphatic rings. The minimum absolute atomic E-state index is 0.159. The van der Waals surface area contributed by atoms with Crippen molar-refractivity contribution in [2.24, 2.45) is 0 Å². The molecule has 0 N–H and O–H groups in total. The van der Waals surface area contributed by atoms with E-state index in [0.29, 0.717) is 22.3 Å². The number of hydrogen-bond donors (Lipinski definition) is 0. The Hall–Kier alpha value is -2.50. The van der Waals surface area contributed by atoms with Crippen LogP contribution in [0.3, 0.4) is 0 Å². The second-order valence-corrected chi connectivity index (χ2v) is 7.00. The zero-order valence-electron chi connectivity index (χ0n) is 15.0. The summed E-state index contributed by atoms with van der Waals surface area (Å²) in [5.74, 6) is 0.265. The van der Waals surface area contributed by atoms with Crippen molar-refractivity contribution in [3.63, 3.8) is 0 Å². The van der Waals surface area contributed by atoms with Crippen LogP contribution in [-0.4, -0.2) is 33.7 Å². The van der Waals surface area contributed by atoms with Crippen LogP contribution in [0, 0.1) is 0 Å². The van der Waals surface area contributed by atoms with Gasteiger partial charge in [-0.2, -0.15) is 5.10 Å². The van der Waals surface area contributed by atoms with Crippen molar-refractivity contribution in [2.75, 3.05) is 7.05 Å². The maximum absolute atomic E-state index is 12.6. The van der Waals surface area contributed by atoms with Gasteiger partial charge in [-0.3, -0.25) is 4.79 Å². The highest BCUT2D eigenvalue weighted by molar-refractivity contribution is 6.35. The Kier molecular flexibility index (Phi) is 6.04. The lowest BCUT2D eigenvalue weighted by atomic mass is 10.3. The van der Waals surface area contributed by atoms with E-state index in [4.69, 9.17) is 27.9 Å². The van der Waals surface area contributed by atoms with Crippen LogP contribution in [0.25, 0.3) is 5.69 Å². The maximum atomic E-state index is 12.6. The average molecular weight is 404 g/mol. The number of carbonyl (C=O) groups is 1. The Morgan fingerprint density at radius 1 is 1.22 bits per heavy atom. The van der Waals surface area contributed by atoms with E-state index in [1.807, 2.05) is 36.5 Å². The first-order valence-electron chi connectivity index (χ1n) is 8.39. The van der Waals surface area contributed by atoms with Crippen LogP contribution in [0.1, 0.15) is 12.5 Å². The summed E-state index contributed by atoms with van der Waals surface area (Å²) in [6.07, 6.45) is 2.97. The van der Waals surface area contributed by atoms with Crippen molar-refractivity contribution in [3.05, 3.63) is 76.5 Å². The number of carbonyl (C=O) groups excluding carboxylic acids is 1. The van der Waals surface area contributed by atoms with E-state index in [0.717, 1.165) is 11.3 Å². The molecule has 2 aromatic carbocycles. The van der Waals surface area contributed by atoms with Gasteiger partial charge in [0, 0.05) is 30.4 Å². The van der Waals surface area contributed by atoms with Crippen molar-refractivity contribution < 1.29 is 9.53 Å². The normalized spacial score (nSPS) is 11.9. The molecule has 0 aliphatic carbocycles. The largest absolute Gasteiger partial charge is 0.479 e. The molecule has 3 aromatic rings. The Morgan fingerprint density at radius 2 is 1.96 bits per heavy atom. The van der Waals surface area contributed by atoms with E-state index in [9.17, 15) is 4.79 Å². The van der Waals surface area contributed by atoms with Gasteiger partial charge in [0.2, 0.25) is 0 Å². The van der Waals surface area contributed by atoms with Crippen molar-refractivity contribution in [1.82, 2.24) is 14.7 Å². The summed E-state index contributed by atoms with van der Waals surface area (Å²) in [6, 6.07) is 14.7. The lowest BCUT2D eigenvalue weighted by molar-refractivity contribution is -0.137. The van der Waals surface area contributed by atoms with Gasteiger partial charge in [-0.05, 0) is 37.3 Å². The van der Waals surface area contributed by atoms with Gasteiger partial charge in [-0.1, -0.05) is 41.4 Å². The first-order chi connectivity index (χ1) is 12.9. The molecular formula is C20H19Cl2N3O2. The molecular weight excluding hydrogens is 385 g/mol. The highest BCUT2D eigenvalue weighted by Crippen LogP contribution is 2.28. The fourth-order valence-corrected chi connectivity index (χ4v) is 3.09. The number of nitrogens with zero attached hydrogens (tertiary/aromatic N) is 3. The number of ether oxygens (including phenoxy) is 1. The zero-order chi connectivity index (χ0) is 19.4. The van der Waals surface area contributed by atoms with Crippen LogP contribution in [0.4, 0.5) is 0 Å². The Balaban J connectivity index is 1.62. The molecule has 7 heteroatoms. The third kappa shape index (κ3) is 4.81. The molecule has 0 spiro atoms. The van der Waals surface area contributed by atoms with Gasteiger partial charge in [0.15, 0.2) is 6.10 Å². The molecule has 1 aromatic heterocycles. The number of rotatable bonds is 6. The minimum Gasteiger partial charge on any atom is -0.479 e. The quantitative estimate of drug-likeness (QED) is 0.603. The molecule has 1 atom stereocenters. The van der Waals surface area contributed by atoms with Gasteiger partial charge < -0.3 is 9.64 Å². The lowest BCUT2D eigenvalue weighted by Gasteiger charge is -2.22. The van der Waals surface area contributed by atoms with Gasteiger partial charge in [0.05, 0.1) is 16.9 Å². The molecule has 0 bridgehead atoms. The van der Waals surface area contributed by atoms with Crippen molar-refractivity contribution >= 4 is 29.1 Å².